The van der Waals surface area contributed by atoms with E-state index >= 15 is 0 Å². The summed E-state index contributed by atoms with van der Waals surface area (Å²) >= 11 is 5.49. The fourth-order valence-corrected chi connectivity index (χ4v) is 0.978. The van der Waals surface area contributed by atoms with E-state index in [-0.39, 0.29) is 5.88 Å². The Bertz CT molecular complexity index is 386. The van der Waals surface area contributed by atoms with E-state index in [1.807, 2.05) is 0 Å². The van der Waals surface area contributed by atoms with Crippen molar-refractivity contribution in [3.63, 3.8) is 0 Å². The maximum absolute atomic E-state index is 5.49. The molecule has 0 saturated heterocycles. The number of anilines is 1. The molecule has 1 N–H and O–H groups in total. The van der Waals surface area contributed by atoms with Crippen molar-refractivity contribution in [2.24, 2.45) is 0 Å². The van der Waals surface area contributed by atoms with Crippen molar-refractivity contribution in [2.75, 3.05) is 5.32 Å². The predicted octanol–water partition coefficient (Wildman–Crippen LogP) is 1.41. The first-order valence-electron chi connectivity index (χ1n) is 3.88. The van der Waals surface area contributed by atoms with Crippen molar-refractivity contribution < 1.29 is 8.83 Å². The van der Waals surface area contributed by atoms with Gasteiger partial charge in [0.2, 0.25) is 5.89 Å². The molecular formula is C7H7ClN4O2. The number of hydrogen-bond acceptors (Lipinski definition) is 6. The lowest BCUT2D eigenvalue weighted by Gasteiger charge is -1.94. The summed E-state index contributed by atoms with van der Waals surface area (Å²) in [5, 5.41) is 10.3. The van der Waals surface area contributed by atoms with E-state index in [0.717, 1.165) is 5.69 Å². The van der Waals surface area contributed by atoms with Crippen LogP contribution in [-0.4, -0.2) is 15.2 Å². The number of halogens is 1. The summed E-state index contributed by atoms with van der Waals surface area (Å²) in [6, 6.07) is 0.323. The first-order chi connectivity index (χ1) is 6.88. The molecule has 0 bridgehead atoms. The van der Waals surface area contributed by atoms with Crippen LogP contribution in [0.25, 0.3) is 0 Å². The Hall–Kier alpha value is -1.56. The van der Waals surface area contributed by atoms with E-state index in [1.54, 1.807) is 0 Å². The summed E-state index contributed by atoms with van der Waals surface area (Å²) < 4.78 is 9.90. The Labute approximate surface area is 84.3 Å². The Morgan fingerprint density at radius 2 is 2.36 bits per heavy atom. The minimum Gasteiger partial charge on any atom is -0.451 e. The van der Waals surface area contributed by atoms with E-state index in [0.29, 0.717) is 18.5 Å². The van der Waals surface area contributed by atoms with Gasteiger partial charge in [-0.15, -0.1) is 16.7 Å². The van der Waals surface area contributed by atoms with Crippen LogP contribution in [0.2, 0.25) is 0 Å². The third-order valence-electron chi connectivity index (χ3n) is 1.49. The van der Waals surface area contributed by atoms with Gasteiger partial charge in [0.1, 0.15) is 12.1 Å². The second kappa shape index (κ2) is 4.10. The molecule has 2 rings (SSSR count). The molecular weight excluding hydrogens is 208 g/mol. The summed E-state index contributed by atoms with van der Waals surface area (Å²) in [4.78, 5) is 3.91. The lowest BCUT2D eigenvalue weighted by molar-refractivity contribution is 0.525. The second-order valence-corrected chi connectivity index (χ2v) is 2.74. The summed E-state index contributed by atoms with van der Waals surface area (Å²) in [7, 11) is 0. The smallest absolute Gasteiger partial charge is 0.315 e. The first-order valence-corrected chi connectivity index (χ1v) is 4.41. The number of rotatable bonds is 4. The molecule has 0 unspecified atom stereocenters. The SMILES string of the molecule is ClCc1nnc(NCc2cocn2)o1. The quantitative estimate of drug-likeness (QED) is 0.776. The van der Waals surface area contributed by atoms with Gasteiger partial charge in [0.15, 0.2) is 6.39 Å². The topological polar surface area (TPSA) is 77.0 Å². The van der Waals surface area contributed by atoms with Gasteiger partial charge in [-0.2, -0.15) is 0 Å². The van der Waals surface area contributed by atoms with Gasteiger partial charge in [0, 0.05) is 0 Å². The summed E-state index contributed by atoms with van der Waals surface area (Å²) in [6.07, 6.45) is 2.89. The highest BCUT2D eigenvalue weighted by atomic mass is 35.5. The number of nitrogens with zero attached hydrogens (tertiary/aromatic N) is 3. The molecule has 0 fully saturated rings. The van der Waals surface area contributed by atoms with Gasteiger partial charge < -0.3 is 14.2 Å². The number of nitrogens with one attached hydrogen (secondary N) is 1. The van der Waals surface area contributed by atoms with Gasteiger partial charge in [-0.1, -0.05) is 5.10 Å². The molecule has 0 saturated carbocycles. The molecule has 74 valence electrons. The van der Waals surface area contributed by atoms with Crippen LogP contribution >= 0.6 is 11.6 Å². The van der Waals surface area contributed by atoms with Crippen LogP contribution in [0, 0.1) is 0 Å². The van der Waals surface area contributed by atoms with Crippen LogP contribution in [-0.2, 0) is 12.4 Å². The maximum atomic E-state index is 5.49. The van der Waals surface area contributed by atoms with Crippen molar-refractivity contribution >= 4 is 17.6 Å². The van der Waals surface area contributed by atoms with Gasteiger partial charge in [0.25, 0.3) is 0 Å². The Morgan fingerprint density at radius 1 is 1.43 bits per heavy atom. The molecule has 0 atom stereocenters. The number of aromatic nitrogens is 3. The van der Waals surface area contributed by atoms with Gasteiger partial charge >= 0.3 is 6.01 Å². The molecule has 0 aliphatic rings. The van der Waals surface area contributed by atoms with Crippen molar-refractivity contribution in [2.45, 2.75) is 12.4 Å². The molecule has 0 aliphatic heterocycles. The first kappa shape index (κ1) is 9.01. The minimum absolute atomic E-state index is 0.207. The van der Waals surface area contributed by atoms with E-state index < -0.39 is 0 Å². The molecule has 0 aliphatic carbocycles. The summed E-state index contributed by atoms with van der Waals surface area (Å²) in [5.74, 6) is 0.591. The van der Waals surface area contributed by atoms with Crippen molar-refractivity contribution in [1.82, 2.24) is 15.2 Å². The van der Waals surface area contributed by atoms with E-state index in [1.165, 1.54) is 12.7 Å². The average Bonchev–Trinajstić information content (AvgIpc) is 2.86. The lowest BCUT2D eigenvalue weighted by Crippen LogP contribution is -1.99. The van der Waals surface area contributed by atoms with Crippen LogP contribution in [0.1, 0.15) is 11.6 Å². The highest BCUT2D eigenvalue weighted by molar-refractivity contribution is 6.16. The van der Waals surface area contributed by atoms with Crippen molar-refractivity contribution in [3.05, 3.63) is 24.2 Å². The van der Waals surface area contributed by atoms with Crippen LogP contribution in [0.5, 0.6) is 0 Å². The number of hydrogen-bond donors (Lipinski definition) is 1. The molecule has 14 heavy (non-hydrogen) atoms. The Kier molecular flexibility index (Phi) is 2.64. The molecule has 7 heteroatoms. The van der Waals surface area contributed by atoms with Crippen LogP contribution in [0.4, 0.5) is 6.01 Å². The maximum Gasteiger partial charge on any atom is 0.315 e. The zero-order valence-electron chi connectivity index (χ0n) is 7.11. The van der Waals surface area contributed by atoms with E-state index in [4.69, 9.17) is 20.4 Å². The molecule has 0 radical (unpaired) electrons. The van der Waals surface area contributed by atoms with Gasteiger partial charge in [-0.05, 0) is 0 Å². The normalized spacial score (nSPS) is 10.4. The molecule has 0 spiro atoms. The standard InChI is InChI=1S/C7H7ClN4O2/c8-1-6-11-12-7(14-6)9-2-5-3-13-4-10-5/h3-4H,1-2H2,(H,9,12). The second-order valence-electron chi connectivity index (χ2n) is 2.47. The van der Waals surface area contributed by atoms with Crippen molar-refractivity contribution in [3.8, 4) is 0 Å². The summed E-state index contributed by atoms with van der Waals surface area (Å²) in [6.45, 7) is 0.473. The number of oxazole rings is 1. The van der Waals surface area contributed by atoms with Gasteiger partial charge in [-0.3, -0.25) is 0 Å². The zero-order chi connectivity index (χ0) is 9.80. The van der Waals surface area contributed by atoms with E-state index in [2.05, 4.69) is 20.5 Å². The third-order valence-corrected chi connectivity index (χ3v) is 1.71. The summed E-state index contributed by atoms with van der Waals surface area (Å²) in [5.41, 5.74) is 0.760. The third kappa shape index (κ3) is 2.02. The fourth-order valence-electron chi connectivity index (χ4n) is 0.870. The molecule has 2 aromatic heterocycles. The molecule has 2 heterocycles. The lowest BCUT2D eigenvalue weighted by atomic mass is 10.5. The molecule has 0 amide bonds. The Balaban J connectivity index is 1.92. The average molecular weight is 215 g/mol. The van der Waals surface area contributed by atoms with Crippen LogP contribution in [0.3, 0.4) is 0 Å². The zero-order valence-corrected chi connectivity index (χ0v) is 7.86. The fraction of sp³-hybridized carbons (Fsp3) is 0.286. The molecule has 0 aromatic carbocycles. The highest BCUT2D eigenvalue weighted by Crippen LogP contribution is 2.08. The highest BCUT2D eigenvalue weighted by Gasteiger charge is 2.04. The minimum atomic E-state index is 0.207. The molecule has 6 nitrogen and oxygen atoms in total. The van der Waals surface area contributed by atoms with Crippen LogP contribution < -0.4 is 5.32 Å². The van der Waals surface area contributed by atoms with Gasteiger partial charge in [0.05, 0.1) is 12.2 Å². The molecule has 2 aromatic rings. The predicted molar refractivity (Wildman–Crippen MR) is 47.7 cm³/mol. The largest absolute Gasteiger partial charge is 0.451 e. The van der Waals surface area contributed by atoms with Crippen molar-refractivity contribution in [1.29, 1.82) is 0 Å². The van der Waals surface area contributed by atoms with Crippen LogP contribution in [0.15, 0.2) is 21.5 Å². The Morgan fingerprint density at radius 3 is 3.00 bits per heavy atom. The van der Waals surface area contributed by atoms with E-state index in [9.17, 15) is 0 Å². The van der Waals surface area contributed by atoms with Gasteiger partial charge in [-0.25, -0.2) is 4.98 Å². The number of alkyl halides is 1. The monoisotopic (exact) mass is 214 g/mol.